The summed E-state index contributed by atoms with van der Waals surface area (Å²) in [7, 11) is 0. The molecule has 134 valence electrons. The molecule has 0 saturated carbocycles. The molecule has 1 saturated heterocycles. The number of aryl methyl sites for hydroxylation is 1. The van der Waals surface area contributed by atoms with Gasteiger partial charge in [-0.3, -0.25) is 4.90 Å². The van der Waals surface area contributed by atoms with Gasteiger partial charge in [-0.2, -0.15) is 0 Å². The first-order valence-corrected chi connectivity index (χ1v) is 9.27. The molecule has 0 bridgehead atoms. The van der Waals surface area contributed by atoms with E-state index in [-0.39, 0.29) is 6.10 Å². The van der Waals surface area contributed by atoms with Crippen LogP contribution in [0, 0.1) is 6.92 Å². The van der Waals surface area contributed by atoms with Gasteiger partial charge < -0.3 is 10.5 Å². The minimum Gasteiger partial charge on any atom is -0.490 e. The molecule has 1 aliphatic heterocycles. The zero-order valence-corrected chi connectivity index (χ0v) is 15.2. The number of rotatable bonds is 4. The molecule has 0 spiro atoms. The summed E-state index contributed by atoms with van der Waals surface area (Å²) in [5.41, 5.74) is 8.47. The smallest absolute Gasteiger partial charge is 0.131 e. The van der Waals surface area contributed by atoms with E-state index < -0.39 is 0 Å². The van der Waals surface area contributed by atoms with E-state index in [4.69, 9.17) is 10.5 Å². The van der Waals surface area contributed by atoms with Crippen LogP contribution in [0.25, 0.3) is 10.8 Å². The third-order valence-electron chi connectivity index (χ3n) is 5.17. The van der Waals surface area contributed by atoms with Gasteiger partial charge in [0, 0.05) is 31.2 Å². The average Bonchev–Trinajstić information content (AvgIpc) is 2.66. The van der Waals surface area contributed by atoms with Crippen molar-refractivity contribution in [1.29, 1.82) is 0 Å². The number of aromatic nitrogens is 1. The van der Waals surface area contributed by atoms with Crippen LogP contribution in [0.5, 0.6) is 5.75 Å². The number of ether oxygens (including phenoxy) is 1. The molecule has 1 fully saturated rings. The SMILES string of the molecule is Cc1cc2c(N)nccc2cc1OC1CCN(Cc2ccccc2)CC1. The predicted octanol–water partition coefficient (Wildman–Crippen LogP) is 4.17. The number of fused-ring (bicyclic) bond motifs is 1. The van der Waals surface area contributed by atoms with Crippen molar-refractivity contribution in [3.8, 4) is 5.75 Å². The highest BCUT2D eigenvalue weighted by atomic mass is 16.5. The van der Waals surface area contributed by atoms with Crippen molar-refractivity contribution in [1.82, 2.24) is 9.88 Å². The number of likely N-dealkylation sites (tertiary alicyclic amines) is 1. The van der Waals surface area contributed by atoms with E-state index in [1.54, 1.807) is 6.20 Å². The summed E-state index contributed by atoms with van der Waals surface area (Å²) in [5.74, 6) is 1.54. The molecule has 4 nitrogen and oxygen atoms in total. The fourth-order valence-electron chi connectivity index (χ4n) is 3.66. The van der Waals surface area contributed by atoms with Crippen molar-refractivity contribution < 1.29 is 4.74 Å². The predicted molar refractivity (Wildman–Crippen MR) is 106 cm³/mol. The lowest BCUT2D eigenvalue weighted by Crippen LogP contribution is -2.37. The zero-order valence-electron chi connectivity index (χ0n) is 15.2. The van der Waals surface area contributed by atoms with Crippen LogP contribution in [0.3, 0.4) is 0 Å². The van der Waals surface area contributed by atoms with Crippen molar-refractivity contribution in [2.24, 2.45) is 0 Å². The summed E-state index contributed by atoms with van der Waals surface area (Å²) in [5, 5.41) is 2.08. The normalized spacial score (nSPS) is 16.0. The molecule has 1 aromatic heterocycles. The fourth-order valence-corrected chi connectivity index (χ4v) is 3.66. The Kier molecular flexibility index (Phi) is 4.76. The van der Waals surface area contributed by atoms with E-state index in [2.05, 4.69) is 59.3 Å². The van der Waals surface area contributed by atoms with E-state index in [1.165, 1.54) is 5.56 Å². The Hall–Kier alpha value is -2.59. The third-order valence-corrected chi connectivity index (χ3v) is 5.17. The van der Waals surface area contributed by atoms with Gasteiger partial charge in [-0.05, 0) is 54.5 Å². The van der Waals surface area contributed by atoms with Gasteiger partial charge >= 0.3 is 0 Å². The second kappa shape index (κ2) is 7.34. The van der Waals surface area contributed by atoms with Crippen molar-refractivity contribution in [2.75, 3.05) is 18.8 Å². The number of nitrogens with zero attached hydrogens (tertiary/aromatic N) is 2. The topological polar surface area (TPSA) is 51.4 Å². The number of hydrogen-bond acceptors (Lipinski definition) is 4. The Balaban J connectivity index is 1.40. The van der Waals surface area contributed by atoms with E-state index in [0.29, 0.717) is 5.82 Å². The quantitative estimate of drug-likeness (QED) is 0.770. The van der Waals surface area contributed by atoms with Crippen LogP contribution in [0.4, 0.5) is 5.82 Å². The Morgan fingerprint density at radius 2 is 1.88 bits per heavy atom. The molecule has 3 aromatic rings. The number of pyridine rings is 1. The first-order chi connectivity index (χ1) is 12.7. The fraction of sp³-hybridized carbons (Fsp3) is 0.318. The molecule has 0 amide bonds. The summed E-state index contributed by atoms with van der Waals surface area (Å²) in [6.07, 6.45) is 4.14. The molecule has 2 N–H and O–H groups in total. The molecule has 2 aromatic carbocycles. The van der Waals surface area contributed by atoms with Crippen molar-refractivity contribution in [2.45, 2.75) is 32.4 Å². The van der Waals surface area contributed by atoms with Crippen LogP contribution in [-0.2, 0) is 6.54 Å². The molecule has 26 heavy (non-hydrogen) atoms. The summed E-state index contributed by atoms with van der Waals surface area (Å²) >= 11 is 0. The highest BCUT2D eigenvalue weighted by Crippen LogP contribution is 2.30. The van der Waals surface area contributed by atoms with Crippen LogP contribution < -0.4 is 10.5 Å². The number of benzene rings is 2. The van der Waals surface area contributed by atoms with Gasteiger partial charge in [0.25, 0.3) is 0 Å². The number of nitrogens with two attached hydrogens (primary N) is 1. The van der Waals surface area contributed by atoms with Crippen LogP contribution in [-0.4, -0.2) is 29.1 Å². The summed E-state index contributed by atoms with van der Waals surface area (Å²) in [4.78, 5) is 6.68. The Morgan fingerprint density at radius 1 is 1.12 bits per heavy atom. The lowest BCUT2D eigenvalue weighted by molar-refractivity contribution is 0.0964. The second-order valence-corrected chi connectivity index (χ2v) is 7.11. The maximum absolute atomic E-state index is 6.34. The Labute approximate surface area is 154 Å². The number of anilines is 1. The number of piperidine rings is 1. The molecule has 4 rings (SSSR count). The van der Waals surface area contributed by atoms with E-state index in [1.807, 2.05) is 6.07 Å². The second-order valence-electron chi connectivity index (χ2n) is 7.11. The number of nitrogen functional groups attached to an aromatic ring is 1. The molecule has 0 aliphatic carbocycles. The molecule has 4 heteroatoms. The minimum absolute atomic E-state index is 0.275. The largest absolute Gasteiger partial charge is 0.490 e. The molecule has 0 unspecified atom stereocenters. The van der Waals surface area contributed by atoms with E-state index >= 15 is 0 Å². The maximum atomic E-state index is 6.34. The maximum Gasteiger partial charge on any atom is 0.131 e. The van der Waals surface area contributed by atoms with Crippen LogP contribution in [0.1, 0.15) is 24.0 Å². The molecular formula is C22H25N3O. The van der Waals surface area contributed by atoms with Crippen molar-refractivity contribution >= 4 is 16.6 Å². The first kappa shape index (κ1) is 16.9. The van der Waals surface area contributed by atoms with Crippen LogP contribution in [0.15, 0.2) is 54.7 Å². The molecule has 1 aliphatic rings. The van der Waals surface area contributed by atoms with Gasteiger partial charge in [-0.1, -0.05) is 30.3 Å². The van der Waals surface area contributed by atoms with Gasteiger partial charge in [0.2, 0.25) is 0 Å². The van der Waals surface area contributed by atoms with Gasteiger partial charge in [0.1, 0.15) is 17.7 Å². The molecule has 2 heterocycles. The zero-order chi connectivity index (χ0) is 17.9. The van der Waals surface area contributed by atoms with Crippen LogP contribution >= 0.6 is 0 Å². The van der Waals surface area contributed by atoms with Gasteiger partial charge in [-0.15, -0.1) is 0 Å². The summed E-state index contributed by atoms with van der Waals surface area (Å²) in [6, 6.07) is 16.8. The highest BCUT2D eigenvalue weighted by molar-refractivity contribution is 5.92. The molecule has 0 atom stereocenters. The van der Waals surface area contributed by atoms with Crippen LogP contribution in [0.2, 0.25) is 0 Å². The van der Waals surface area contributed by atoms with E-state index in [0.717, 1.165) is 54.6 Å². The lowest BCUT2D eigenvalue weighted by atomic mass is 10.1. The lowest BCUT2D eigenvalue weighted by Gasteiger charge is -2.32. The minimum atomic E-state index is 0.275. The standard InChI is InChI=1S/C22H25N3O/c1-16-13-20-18(7-10-24-22(20)23)14-21(16)26-19-8-11-25(12-9-19)15-17-5-3-2-4-6-17/h2-7,10,13-14,19H,8-9,11-12,15H2,1H3,(H2,23,24). The number of hydrogen-bond donors (Lipinski definition) is 1. The monoisotopic (exact) mass is 347 g/mol. The van der Waals surface area contributed by atoms with Gasteiger partial charge in [-0.25, -0.2) is 4.98 Å². The summed E-state index contributed by atoms with van der Waals surface area (Å²) < 4.78 is 6.34. The van der Waals surface area contributed by atoms with Gasteiger partial charge in [0.05, 0.1) is 0 Å². The Bertz CT molecular complexity index is 887. The first-order valence-electron chi connectivity index (χ1n) is 9.27. The third kappa shape index (κ3) is 3.65. The molecular weight excluding hydrogens is 322 g/mol. The summed E-state index contributed by atoms with van der Waals surface area (Å²) in [6.45, 7) is 5.24. The Morgan fingerprint density at radius 3 is 2.65 bits per heavy atom. The average molecular weight is 347 g/mol. The highest BCUT2D eigenvalue weighted by Gasteiger charge is 2.21. The van der Waals surface area contributed by atoms with Gasteiger partial charge in [0.15, 0.2) is 0 Å². The van der Waals surface area contributed by atoms with E-state index in [9.17, 15) is 0 Å². The van der Waals surface area contributed by atoms with Crippen molar-refractivity contribution in [3.05, 3.63) is 65.9 Å². The molecule has 0 radical (unpaired) electrons. The van der Waals surface area contributed by atoms with Crippen molar-refractivity contribution in [3.63, 3.8) is 0 Å².